The Morgan fingerprint density at radius 1 is 1.20 bits per heavy atom. The molecule has 1 aromatic carbocycles. The van der Waals surface area contributed by atoms with E-state index in [0.29, 0.717) is 5.56 Å². The molecule has 0 amide bonds. The molecule has 0 saturated carbocycles. The maximum atomic E-state index is 12.0. The van der Waals surface area contributed by atoms with Crippen molar-refractivity contribution in [2.75, 3.05) is 0 Å². The smallest absolute Gasteiger partial charge is 0.283 e. The average Bonchev–Trinajstić information content (AvgIpc) is 2.16. The number of hydrogen-bond acceptors (Lipinski definition) is 1. The second kappa shape index (κ2) is 4.78. The van der Waals surface area contributed by atoms with E-state index < -0.39 is 12.0 Å². The summed E-state index contributed by atoms with van der Waals surface area (Å²) in [6.07, 6.45) is -3.60. The summed E-state index contributed by atoms with van der Waals surface area (Å²) in [5, 5.41) is 0. The van der Waals surface area contributed by atoms with Gasteiger partial charge in [-0.25, -0.2) is 0 Å². The Labute approximate surface area is 98.1 Å². The van der Waals surface area contributed by atoms with Gasteiger partial charge in [0.15, 0.2) is 0 Å². The summed E-state index contributed by atoms with van der Waals surface area (Å²) in [6.45, 7) is 0. The molecule has 0 heterocycles. The standard InChI is InChI=1S/C10H6F3IO/c11-10(12,13)9(15)8(14)6-7-4-2-1-3-5-7/h1-6H/b8-6-. The van der Waals surface area contributed by atoms with E-state index in [2.05, 4.69) is 0 Å². The molecule has 0 radical (unpaired) electrons. The van der Waals surface area contributed by atoms with Gasteiger partial charge >= 0.3 is 6.18 Å². The largest absolute Gasteiger partial charge is 0.455 e. The molecular weight excluding hydrogens is 320 g/mol. The van der Waals surface area contributed by atoms with E-state index in [-0.39, 0.29) is 3.58 Å². The summed E-state index contributed by atoms with van der Waals surface area (Å²) in [5.74, 6) is -1.81. The zero-order valence-corrected chi connectivity index (χ0v) is 9.54. The molecule has 5 heteroatoms. The maximum Gasteiger partial charge on any atom is 0.455 e. The van der Waals surface area contributed by atoms with Gasteiger partial charge in [-0.15, -0.1) is 0 Å². The minimum absolute atomic E-state index is 0.341. The molecule has 0 unspecified atom stereocenters. The Morgan fingerprint density at radius 3 is 2.20 bits per heavy atom. The summed E-state index contributed by atoms with van der Waals surface area (Å²) >= 11 is 1.39. The summed E-state index contributed by atoms with van der Waals surface area (Å²) in [7, 11) is 0. The Hall–Kier alpha value is -0.850. The highest BCUT2D eigenvalue weighted by Crippen LogP contribution is 2.25. The van der Waals surface area contributed by atoms with Crippen molar-refractivity contribution in [2.24, 2.45) is 0 Å². The van der Waals surface area contributed by atoms with Crippen LogP contribution >= 0.6 is 22.6 Å². The first-order valence-electron chi connectivity index (χ1n) is 3.95. The van der Waals surface area contributed by atoms with E-state index in [0.717, 1.165) is 0 Å². The van der Waals surface area contributed by atoms with Crippen molar-refractivity contribution in [1.82, 2.24) is 0 Å². The predicted octanol–water partition coefficient (Wildman–Crippen LogP) is 3.59. The number of Topliss-reactive ketones (excluding diaryl/α,β-unsaturated/α-hetero) is 1. The van der Waals surface area contributed by atoms with E-state index in [9.17, 15) is 18.0 Å². The molecule has 0 N–H and O–H groups in total. The van der Waals surface area contributed by atoms with Crippen molar-refractivity contribution < 1.29 is 18.0 Å². The molecule has 0 spiro atoms. The lowest BCUT2D eigenvalue weighted by Crippen LogP contribution is -2.22. The third kappa shape index (κ3) is 3.65. The summed E-state index contributed by atoms with van der Waals surface area (Å²) < 4.78 is 35.7. The van der Waals surface area contributed by atoms with Crippen LogP contribution in [0, 0.1) is 0 Å². The zero-order valence-electron chi connectivity index (χ0n) is 7.38. The minimum atomic E-state index is -4.80. The van der Waals surface area contributed by atoms with Crippen LogP contribution in [0.5, 0.6) is 0 Å². The molecule has 1 rings (SSSR count). The number of carbonyl (C=O) groups excluding carboxylic acids is 1. The van der Waals surface area contributed by atoms with Crippen LogP contribution in [-0.4, -0.2) is 12.0 Å². The lowest BCUT2D eigenvalue weighted by molar-refractivity contribution is -0.165. The van der Waals surface area contributed by atoms with E-state index in [1.165, 1.54) is 28.7 Å². The Balaban J connectivity index is 2.91. The molecule has 1 nitrogen and oxygen atoms in total. The fourth-order valence-corrected chi connectivity index (χ4v) is 1.56. The van der Waals surface area contributed by atoms with Crippen molar-refractivity contribution in [2.45, 2.75) is 6.18 Å². The number of allylic oxidation sites excluding steroid dienone is 1. The van der Waals surface area contributed by atoms with Gasteiger partial charge in [0.2, 0.25) is 0 Å². The fraction of sp³-hybridized carbons (Fsp3) is 0.100. The highest BCUT2D eigenvalue weighted by Gasteiger charge is 2.39. The second-order valence-corrected chi connectivity index (χ2v) is 3.89. The molecule has 0 bridgehead atoms. The van der Waals surface area contributed by atoms with Crippen molar-refractivity contribution in [1.29, 1.82) is 0 Å². The van der Waals surface area contributed by atoms with Crippen molar-refractivity contribution in [3.63, 3.8) is 0 Å². The molecular formula is C10H6F3IO. The number of hydrogen-bond donors (Lipinski definition) is 0. The monoisotopic (exact) mass is 326 g/mol. The average molecular weight is 326 g/mol. The topological polar surface area (TPSA) is 17.1 Å². The van der Waals surface area contributed by atoms with E-state index >= 15 is 0 Å². The molecule has 80 valence electrons. The van der Waals surface area contributed by atoms with Crippen molar-refractivity contribution in [3.8, 4) is 0 Å². The fourth-order valence-electron chi connectivity index (χ4n) is 0.897. The Morgan fingerprint density at radius 2 is 1.73 bits per heavy atom. The van der Waals surface area contributed by atoms with Gasteiger partial charge in [0, 0.05) is 0 Å². The molecule has 1 aromatic rings. The molecule has 0 atom stereocenters. The number of halogens is 4. The lowest BCUT2D eigenvalue weighted by atomic mass is 10.2. The number of carbonyl (C=O) groups is 1. The quantitative estimate of drug-likeness (QED) is 0.600. The number of ketones is 1. The Kier molecular flexibility index (Phi) is 3.90. The summed E-state index contributed by atoms with van der Waals surface area (Å²) in [4.78, 5) is 10.8. The van der Waals surface area contributed by atoms with Gasteiger partial charge in [-0.2, -0.15) is 13.2 Å². The van der Waals surface area contributed by atoms with Gasteiger partial charge in [0.05, 0.1) is 3.58 Å². The van der Waals surface area contributed by atoms with Crippen LogP contribution in [0.15, 0.2) is 33.9 Å². The third-order valence-corrected chi connectivity index (χ3v) is 2.37. The van der Waals surface area contributed by atoms with E-state index in [1.807, 2.05) is 0 Å². The van der Waals surface area contributed by atoms with Crippen LogP contribution < -0.4 is 0 Å². The zero-order chi connectivity index (χ0) is 11.5. The maximum absolute atomic E-state index is 12.0. The van der Waals surface area contributed by atoms with E-state index in [4.69, 9.17) is 0 Å². The number of alkyl halides is 3. The Bertz CT molecular complexity index is 381. The third-order valence-electron chi connectivity index (χ3n) is 1.57. The predicted molar refractivity (Wildman–Crippen MR) is 59.5 cm³/mol. The van der Waals surface area contributed by atoms with Gasteiger partial charge in [-0.1, -0.05) is 30.3 Å². The van der Waals surface area contributed by atoms with Crippen LogP contribution in [0.4, 0.5) is 13.2 Å². The lowest BCUT2D eigenvalue weighted by Gasteiger charge is -2.03. The summed E-state index contributed by atoms with van der Waals surface area (Å²) in [5.41, 5.74) is 0.569. The molecule has 15 heavy (non-hydrogen) atoms. The molecule has 0 aliphatic rings. The normalized spacial score (nSPS) is 12.7. The minimum Gasteiger partial charge on any atom is -0.283 e. The van der Waals surface area contributed by atoms with Crippen LogP contribution in [-0.2, 0) is 4.79 Å². The van der Waals surface area contributed by atoms with Gasteiger partial charge in [-0.3, -0.25) is 4.79 Å². The van der Waals surface area contributed by atoms with Crippen molar-refractivity contribution >= 4 is 34.5 Å². The van der Waals surface area contributed by atoms with Gasteiger partial charge in [0.1, 0.15) is 0 Å². The SMILES string of the molecule is O=C(/C(I)=C/c1ccccc1)C(F)(F)F. The molecule has 0 aliphatic heterocycles. The van der Waals surface area contributed by atoms with Crippen LogP contribution in [0.25, 0.3) is 6.08 Å². The highest BCUT2D eigenvalue weighted by atomic mass is 127. The van der Waals surface area contributed by atoms with Gasteiger partial charge < -0.3 is 0 Å². The highest BCUT2D eigenvalue weighted by molar-refractivity contribution is 14.1. The summed E-state index contributed by atoms with van der Waals surface area (Å²) in [6, 6.07) is 8.38. The molecule has 0 fully saturated rings. The number of benzene rings is 1. The second-order valence-electron chi connectivity index (χ2n) is 2.73. The molecule has 0 aliphatic carbocycles. The molecule has 0 saturated heterocycles. The first-order chi connectivity index (χ1) is 6.91. The van der Waals surface area contributed by atoms with Gasteiger partial charge in [0.25, 0.3) is 5.78 Å². The van der Waals surface area contributed by atoms with Crippen LogP contribution in [0.1, 0.15) is 5.56 Å². The first-order valence-corrected chi connectivity index (χ1v) is 5.03. The van der Waals surface area contributed by atoms with E-state index in [1.54, 1.807) is 30.3 Å². The van der Waals surface area contributed by atoms with Crippen LogP contribution in [0.3, 0.4) is 0 Å². The van der Waals surface area contributed by atoms with Gasteiger partial charge in [-0.05, 0) is 34.2 Å². The first kappa shape index (κ1) is 12.2. The van der Waals surface area contributed by atoms with Crippen molar-refractivity contribution in [3.05, 3.63) is 39.5 Å². The van der Waals surface area contributed by atoms with Crippen LogP contribution in [0.2, 0.25) is 0 Å². The number of rotatable bonds is 2. The molecule has 0 aromatic heterocycles.